The highest BCUT2D eigenvalue weighted by atomic mass is 16.4. The normalized spacial score (nSPS) is 21.0. The van der Waals surface area contributed by atoms with Gasteiger partial charge in [0.2, 0.25) is 0 Å². The third-order valence-electron chi connectivity index (χ3n) is 4.88. The Morgan fingerprint density at radius 1 is 1.14 bits per heavy atom. The smallest absolute Gasteiger partial charge is 0.341 e. The minimum absolute atomic E-state index is 0.187. The highest BCUT2D eigenvalue weighted by Gasteiger charge is 2.39. The first-order valence-corrected chi connectivity index (χ1v) is 8.73. The van der Waals surface area contributed by atoms with Gasteiger partial charge in [0, 0.05) is 0 Å². The molecule has 4 rings (SSSR count). The number of urea groups is 1. The molecule has 2 aliphatic heterocycles. The molecule has 0 fully saturated rings. The summed E-state index contributed by atoms with van der Waals surface area (Å²) >= 11 is 0. The summed E-state index contributed by atoms with van der Waals surface area (Å²) in [5.41, 5.74) is 2.87. The topological polar surface area (TPSA) is 102 Å². The lowest BCUT2D eigenvalue weighted by Gasteiger charge is -2.33. The Labute approximate surface area is 161 Å². The van der Waals surface area contributed by atoms with Gasteiger partial charge in [-0.25, -0.2) is 14.2 Å². The lowest BCUT2D eigenvalue weighted by Crippen LogP contribution is -2.41. The maximum Gasteiger partial charge on any atom is 0.341 e. The first kappa shape index (κ1) is 17.7. The molecule has 0 bridgehead atoms. The minimum Gasteiger partial charge on any atom is -0.507 e. The van der Waals surface area contributed by atoms with Crippen LogP contribution in [0.15, 0.2) is 65.3 Å². The molecule has 7 heteroatoms. The van der Waals surface area contributed by atoms with E-state index in [0.717, 1.165) is 11.1 Å². The first-order valence-electron chi connectivity index (χ1n) is 8.73. The van der Waals surface area contributed by atoms with E-state index in [4.69, 9.17) is 5.11 Å². The van der Waals surface area contributed by atoms with E-state index < -0.39 is 18.0 Å². The summed E-state index contributed by atoms with van der Waals surface area (Å²) < 4.78 is 1.88. The molecule has 2 atom stereocenters. The predicted octanol–water partition coefficient (Wildman–Crippen LogP) is 2.69. The molecule has 0 saturated heterocycles. The summed E-state index contributed by atoms with van der Waals surface area (Å²) in [6, 6.07) is 13.0. The fourth-order valence-electron chi connectivity index (χ4n) is 3.60. The molecule has 2 amide bonds. The van der Waals surface area contributed by atoms with Crippen LogP contribution in [0.3, 0.4) is 0 Å². The summed E-state index contributed by atoms with van der Waals surface area (Å²) in [5.74, 6) is -1.84. The number of nitrogens with one attached hydrogen (secondary N) is 1. The SMILES string of the molecule is C[N+]1=CC(C2=NC(=O)NC(c3ccc(C(=O)O)c(O)c3)C2c2ccccc2)=C1. The number of rotatable bonds is 4. The van der Waals surface area contributed by atoms with Crippen molar-refractivity contribution in [3.05, 3.63) is 77.0 Å². The fraction of sp³-hybridized carbons (Fsp3) is 0.143. The van der Waals surface area contributed by atoms with Gasteiger partial charge >= 0.3 is 12.0 Å². The zero-order valence-corrected chi connectivity index (χ0v) is 15.0. The Bertz CT molecular complexity index is 1070. The second-order valence-electron chi connectivity index (χ2n) is 6.77. The molecule has 140 valence electrons. The number of carbonyl (C=O) groups is 2. The molecule has 2 aliphatic rings. The van der Waals surface area contributed by atoms with Crippen molar-refractivity contribution in [1.29, 1.82) is 0 Å². The van der Waals surface area contributed by atoms with E-state index in [1.54, 1.807) is 6.07 Å². The van der Waals surface area contributed by atoms with Crippen molar-refractivity contribution in [2.75, 3.05) is 7.05 Å². The van der Waals surface area contributed by atoms with E-state index in [1.165, 1.54) is 12.1 Å². The fourth-order valence-corrected chi connectivity index (χ4v) is 3.60. The standard InChI is InChI=1S/C21H17N3O4/c1-24-10-14(11-24)19-17(12-5-3-2-4-6-12)18(22-21(28)23-19)13-7-8-15(20(26)27)16(25)9-13/h2-11,17-18H,1H3,(H2-,22,25,26,27,28)/p+1. The third-order valence-corrected chi connectivity index (χ3v) is 4.88. The maximum absolute atomic E-state index is 12.3. The molecule has 7 nitrogen and oxygen atoms in total. The molecule has 0 spiro atoms. The molecular weight excluding hydrogens is 358 g/mol. The van der Waals surface area contributed by atoms with Gasteiger partial charge in [0.25, 0.3) is 0 Å². The summed E-state index contributed by atoms with van der Waals surface area (Å²) in [6.45, 7) is 0. The van der Waals surface area contributed by atoms with E-state index in [2.05, 4.69) is 10.3 Å². The van der Waals surface area contributed by atoms with Crippen molar-refractivity contribution in [3.63, 3.8) is 0 Å². The number of aromatic carboxylic acids is 1. The number of carboxylic acid groups (broad SMARTS) is 1. The van der Waals surface area contributed by atoms with Crippen molar-refractivity contribution in [3.8, 4) is 5.75 Å². The quantitative estimate of drug-likeness (QED) is 0.714. The molecule has 0 saturated carbocycles. The molecule has 2 unspecified atom stereocenters. The number of hydrogen-bond acceptors (Lipinski definition) is 3. The highest BCUT2D eigenvalue weighted by molar-refractivity contribution is 6.22. The first-order chi connectivity index (χ1) is 13.4. The van der Waals surface area contributed by atoms with Crippen LogP contribution in [0, 0.1) is 0 Å². The lowest BCUT2D eigenvalue weighted by atomic mass is 9.79. The van der Waals surface area contributed by atoms with E-state index in [9.17, 15) is 14.7 Å². The summed E-state index contributed by atoms with van der Waals surface area (Å²) in [4.78, 5) is 27.7. The van der Waals surface area contributed by atoms with Crippen LogP contribution in [0.2, 0.25) is 0 Å². The van der Waals surface area contributed by atoms with Crippen LogP contribution in [0.4, 0.5) is 4.79 Å². The van der Waals surface area contributed by atoms with Gasteiger partial charge < -0.3 is 15.5 Å². The number of hydrogen-bond donors (Lipinski definition) is 3. The average Bonchev–Trinajstić information content (AvgIpc) is 2.65. The van der Waals surface area contributed by atoms with Crippen LogP contribution in [-0.4, -0.2) is 45.8 Å². The number of aromatic hydroxyl groups is 1. The van der Waals surface area contributed by atoms with Gasteiger partial charge in [-0.05, 0) is 23.3 Å². The van der Waals surface area contributed by atoms with Gasteiger partial charge in [0.15, 0.2) is 12.4 Å². The molecule has 2 aromatic rings. The van der Waals surface area contributed by atoms with Crippen LogP contribution in [0.25, 0.3) is 0 Å². The average molecular weight is 376 g/mol. The van der Waals surface area contributed by atoms with E-state index in [0.29, 0.717) is 11.3 Å². The Kier molecular flexibility index (Phi) is 4.27. The van der Waals surface area contributed by atoms with Gasteiger partial charge in [-0.2, -0.15) is 4.99 Å². The third kappa shape index (κ3) is 3.07. The van der Waals surface area contributed by atoms with Gasteiger partial charge in [0.1, 0.15) is 23.9 Å². The van der Waals surface area contributed by atoms with Crippen molar-refractivity contribution in [1.82, 2.24) is 5.32 Å². The van der Waals surface area contributed by atoms with E-state index in [1.807, 2.05) is 54.4 Å². The maximum atomic E-state index is 12.3. The Hall–Kier alpha value is -3.74. The van der Waals surface area contributed by atoms with E-state index in [-0.39, 0.29) is 17.2 Å². The van der Waals surface area contributed by atoms with Crippen LogP contribution in [-0.2, 0) is 0 Å². The van der Waals surface area contributed by atoms with Gasteiger partial charge in [0.05, 0.1) is 17.7 Å². The van der Waals surface area contributed by atoms with Crippen molar-refractivity contribution in [2.24, 2.45) is 4.99 Å². The largest absolute Gasteiger partial charge is 0.507 e. The number of carbonyl (C=O) groups excluding carboxylic acids is 1. The number of benzene rings is 2. The second-order valence-corrected chi connectivity index (χ2v) is 6.77. The van der Waals surface area contributed by atoms with Crippen LogP contribution in [0.1, 0.15) is 33.4 Å². The highest BCUT2D eigenvalue weighted by Crippen LogP contribution is 2.38. The number of nitrogens with zero attached hydrogens (tertiary/aromatic N) is 2. The molecule has 0 aromatic heterocycles. The molecular formula is C21H18N3O4+. The van der Waals surface area contributed by atoms with E-state index >= 15 is 0 Å². The number of amides is 2. The molecule has 0 aliphatic carbocycles. The summed E-state index contributed by atoms with van der Waals surface area (Å²) in [6.07, 6.45) is 3.80. The van der Waals surface area contributed by atoms with Crippen LogP contribution in [0.5, 0.6) is 5.75 Å². The van der Waals surface area contributed by atoms with Gasteiger partial charge in [-0.3, -0.25) is 0 Å². The van der Waals surface area contributed by atoms with Gasteiger partial charge in [-0.1, -0.05) is 36.4 Å². The summed E-state index contributed by atoms with van der Waals surface area (Å²) in [5, 5.41) is 22.1. The Balaban J connectivity index is 1.82. The van der Waals surface area contributed by atoms with Crippen LogP contribution >= 0.6 is 0 Å². The van der Waals surface area contributed by atoms with Crippen molar-refractivity contribution >= 4 is 23.9 Å². The Morgan fingerprint density at radius 3 is 2.46 bits per heavy atom. The van der Waals surface area contributed by atoms with Crippen molar-refractivity contribution in [2.45, 2.75) is 12.0 Å². The number of aliphatic imine (C=N–C) groups is 1. The molecule has 2 heterocycles. The van der Waals surface area contributed by atoms with Crippen molar-refractivity contribution < 1.29 is 24.4 Å². The number of phenols is 1. The monoisotopic (exact) mass is 376 g/mol. The summed E-state index contributed by atoms with van der Waals surface area (Å²) in [7, 11) is 1.89. The zero-order chi connectivity index (χ0) is 19.8. The number of allylic oxidation sites excluding steroid dienone is 1. The Morgan fingerprint density at radius 2 is 1.86 bits per heavy atom. The predicted molar refractivity (Wildman–Crippen MR) is 103 cm³/mol. The second kappa shape index (κ2) is 6.77. The van der Waals surface area contributed by atoms with Crippen LogP contribution < -0.4 is 5.32 Å². The lowest BCUT2D eigenvalue weighted by molar-refractivity contribution is -0.427. The molecule has 0 radical (unpaired) electrons. The minimum atomic E-state index is -1.21. The molecule has 28 heavy (non-hydrogen) atoms. The molecule has 3 N–H and O–H groups in total. The molecule has 2 aromatic carbocycles. The number of carboxylic acids is 1. The zero-order valence-electron chi connectivity index (χ0n) is 15.0. The van der Waals surface area contributed by atoms with Gasteiger partial charge in [-0.15, -0.1) is 0 Å².